The lowest BCUT2D eigenvalue weighted by molar-refractivity contribution is -0.125. The van der Waals surface area contributed by atoms with Gasteiger partial charge in [-0.3, -0.25) is 14.4 Å². The zero-order valence-electron chi connectivity index (χ0n) is 14.5. The standard InChI is InChI=1S/C19H26N4O/c1-14-12-15(2)23(21-14)13-17-10-6-7-11-22(17)18(19(20)24)16-8-4-3-5-9-16/h3-5,8-9,12,17-18H,6-7,10-11,13H2,1-2H3,(H2,20,24)/t17-,18-/m1/s1. The molecule has 5 nitrogen and oxygen atoms in total. The normalized spacial score (nSPS) is 20.0. The molecule has 0 bridgehead atoms. The summed E-state index contributed by atoms with van der Waals surface area (Å²) in [5, 5.41) is 4.59. The van der Waals surface area contributed by atoms with Gasteiger partial charge in [0, 0.05) is 11.7 Å². The summed E-state index contributed by atoms with van der Waals surface area (Å²) in [6.07, 6.45) is 3.35. The van der Waals surface area contributed by atoms with Gasteiger partial charge in [0.2, 0.25) is 5.91 Å². The average Bonchev–Trinajstić information content (AvgIpc) is 2.87. The Morgan fingerprint density at radius 1 is 1.29 bits per heavy atom. The molecule has 3 rings (SSSR count). The maximum absolute atomic E-state index is 12.2. The summed E-state index contributed by atoms with van der Waals surface area (Å²) in [5.41, 5.74) is 8.96. The Labute approximate surface area is 143 Å². The molecule has 0 spiro atoms. The Hall–Kier alpha value is -2.14. The first kappa shape index (κ1) is 16.7. The molecule has 1 fully saturated rings. The minimum absolute atomic E-state index is 0.273. The van der Waals surface area contributed by atoms with E-state index in [2.05, 4.69) is 27.7 Å². The average molecular weight is 326 g/mol. The molecule has 1 aliphatic heterocycles. The third-order valence-corrected chi connectivity index (χ3v) is 4.88. The summed E-state index contributed by atoms with van der Waals surface area (Å²) in [7, 11) is 0. The molecule has 0 aliphatic carbocycles. The van der Waals surface area contributed by atoms with E-state index in [1.165, 1.54) is 6.42 Å². The quantitative estimate of drug-likeness (QED) is 0.918. The molecule has 1 aliphatic rings. The van der Waals surface area contributed by atoms with Gasteiger partial charge < -0.3 is 5.73 Å². The first-order valence-corrected chi connectivity index (χ1v) is 8.67. The van der Waals surface area contributed by atoms with E-state index in [9.17, 15) is 4.79 Å². The smallest absolute Gasteiger partial charge is 0.239 e. The zero-order valence-corrected chi connectivity index (χ0v) is 14.5. The molecule has 128 valence electrons. The first-order valence-electron chi connectivity index (χ1n) is 8.67. The number of nitrogens with two attached hydrogens (primary N) is 1. The first-order chi connectivity index (χ1) is 11.6. The van der Waals surface area contributed by atoms with Crippen LogP contribution in [0.1, 0.15) is 42.3 Å². The van der Waals surface area contributed by atoms with E-state index in [-0.39, 0.29) is 18.0 Å². The number of hydrogen-bond donors (Lipinski definition) is 1. The van der Waals surface area contributed by atoms with Gasteiger partial charge in [-0.05, 0) is 44.9 Å². The molecule has 0 unspecified atom stereocenters. The van der Waals surface area contributed by atoms with Crippen LogP contribution in [0.25, 0.3) is 0 Å². The Balaban J connectivity index is 1.87. The number of carbonyl (C=O) groups excluding carboxylic acids is 1. The molecule has 2 N–H and O–H groups in total. The van der Waals surface area contributed by atoms with Gasteiger partial charge in [-0.2, -0.15) is 5.10 Å². The monoisotopic (exact) mass is 326 g/mol. The number of rotatable bonds is 5. The number of benzene rings is 1. The third-order valence-electron chi connectivity index (χ3n) is 4.88. The van der Waals surface area contributed by atoms with E-state index < -0.39 is 0 Å². The van der Waals surface area contributed by atoms with E-state index in [0.29, 0.717) is 0 Å². The Bertz CT molecular complexity index is 695. The largest absolute Gasteiger partial charge is 0.368 e. The fourth-order valence-electron chi connectivity index (χ4n) is 3.77. The van der Waals surface area contributed by atoms with Crippen molar-refractivity contribution in [3.05, 3.63) is 53.3 Å². The molecule has 1 saturated heterocycles. The van der Waals surface area contributed by atoms with Crippen LogP contribution in [0.15, 0.2) is 36.4 Å². The summed E-state index contributed by atoms with van der Waals surface area (Å²) in [5.74, 6) is -0.276. The predicted octanol–water partition coefficient (Wildman–Crippen LogP) is 2.58. The van der Waals surface area contributed by atoms with Crippen molar-refractivity contribution < 1.29 is 4.79 Å². The molecule has 1 amide bonds. The Kier molecular flexibility index (Phi) is 5.00. The molecular formula is C19H26N4O. The van der Waals surface area contributed by atoms with Crippen LogP contribution in [0.3, 0.4) is 0 Å². The molecule has 1 aromatic carbocycles. The van der Waals surface area contributed by atoms with Gasteiger partial charge in [0.25, 0.3) is 0 Å². The second-order valence-electron chi connectivity index (χ2n) is 6.71. The second kappa shape index (κ2) is 7.18. The van der Waals surface area contributed by atoms with Gasteiger partial charge in [0.1, 0.15) is 6.04 Å². The highest BCUT2D eigenvalue weighted by Crippen LogP contribution is 2.29. The van der Waals surface area contributed by atoms with Gasteiger partial charge in [-0.25, -0.2) is 0 Å². The van der Waals surface area contributed by atoms with E-state index in [0.717, 1.165) is 42.9 Å². The van der Waals surface area contributed by atoms with Crippen molar-refractivity contribution in [3.63, 3.8) is 0 Å². The van der Waals surface area contributed by atoms with E-state index in [1.807, 2.05) is 37.3 Å². The zero-order chi connectivity index (χ0) is 17.1. The van der Waals surface area contributed by atoms with Crippen LogP contribution in [-0.2, 0) is 11.3 Å². The maximum atomic E-state index is 12.2. The second-order valence-corrected chi connectivity index (χ2v) is 6.71. The van der Waals surface area contributed by atoms with Gasteiger partial charge in [-0.1, -0.05) is 36.8 Å². The van der Waals surface area contributed by atoms with Gasteiger partial charge >= 0.3 is 0 Å². The highest BCUT2D eigenvalue weighted by atomic mass is 16.1. The van der Waals surface area contributed by atoms with Crippen molar-refractivity contribution in [1.29, 1.82) is 0 Å². The van der Waals surface area contributed by atoms with Crippen LogP contribution < -0.4 is 5.73 Å². The molecule has 5 heteroatoms. The minimum Gasteiger partial charge on any atom is -0.368 e. The van der Waals surface area contributed by atoms with Gasteiger partial charge in [0.15, 0.2) is 0 Å². The number of carbonyl (C=O) groups is 1. The van der Waals surface area contributed by atoms with E-state index >= 15 is 0 Å². The number of hydrogen-bond acceptors (Lipinski definition) is 3. The molecule has 24 heavy (non-hydrogen) atoms. The number of primary amides is 1. The SMILES string of the molecule is Cc1cc(C)n(C[C@H]2CCCCN2[C@@H](C(N)=O)c2ccccc2)n1. The van der Waals surface area contributed by atoms with Crippen molar-refractivity contribution in [3.8, 4) is 0 Å². The van der Waals surface area contributed by atoms with Crippen molar-refractivity contribution in [1.82, 2.24) is 14.7 Å². The third kappa shape index (κ3) is 3.51. The van der Waals surface area contributed by atoms with E-state index in [4.69, 9.17) is 5.73 Å². The molecule has 2 aromatic rings. The van der Waals surface area contributed by atoms with Crippen LogP contribution >= 0.6 is 0 Å². The Morgan fingerprint density at radius 2 is 2.04 bits per heavy atom. The predicted molar refractivity (Wildman–Crippen MR) is 94.4 cm³/mol. The van der Waals surface area contributed by atoms with Crippen molar-refractivity contribution in [2.75, 3.05) is 6.54 Å². The highest BCUT2D eigenvalue weighted by Gasteiger charge is 2.33. The van der Waals surface area contributed by atoms with Crippen LogP contribution in [-0.4, -0.2) is 33.2 Å². The summed E-state index contributed by atoms with van der Waals surface area (Å²) in [4.78, 5) is 14.5. The van der Waals surface area contributed by atoms with Crippen LogP contribution in [0.5, 0.6) is 0 Å². The fourth-order valence-corrected chi connectivity index (χ4v) is 3.77. The molecule has 2 atom stereocenters. The number of amides is 1. The van der Waals surface area contributed by atoms with Crippen LogP contribution in [0, 0.1) is 13.8 Å². The maximum Gasteiger partial charge on any atom is 0.239 e. The lowest BCUT2D eigenvalue weighted by atomic mass is 9.95. The topological polar surface area (TPSA) is 64.2 Å². The van der Waals surface area contributed by atoms with Crippen LogP contribution in [0.2, 0.25) is 0 Å². The van der Waals surface area contributed by atoms with Crippen molar-refractivity contribution >= 4 is 5.91 Å². The van der Waals surface area contributed by atoms with Crippen LogP contribution in [0.4, 0.5) is 0 Å². The number of aromatic nitrogens is 2. The molecular weight excluding hydrogens is 300 g/mol. The molecule has 0 saturated carbocycles. The Morgan fingerprint density at radius 3 is 2.67 bits per heavy atom. The van der Waals surface area contributed by atoms with Crippen molar-refractivity contribution in [2.24, 2.45) is 5.73 Å². The fraction of sp³-hybridized carbons (Fsp3) is 0.474. The molecule has 0 radical (unpaired) electrons. The summed E-state index contributed by atoms with van der Waals surface area (Å²) in [6.45, 7) is 5.79. The van der Waals surface area contributed by atoms with Gasteiger partial charge in [0.05, 0.1) is 12.2 Å². The summed E-state index contributed by atoms with van der Waals surface area (Å²) in [6, 6.07) is 11.9. The number of aryl methyl sites for hydroxylation is 2. The van der Waals surface area contributed by atoms with Gasteiger partial charge in [-0.15, -0.1) is 0 Å². The number of likely N-dealkylation sites (tertiary alicyclic amines) is 1. The molecule has 2 heterocycles. The lowest BCUT2D eigenvalue weighted by Gasteiger charge is -2.40. The van der Waals surface area contributed by atoms with Crippen molar-refractivity contribution in [2.45, 2.75) is 51.7 Å². The lowest BCUT2D eigenvalue weighted by Crippen LogP contribution is -2.48. The molecule has 1 aromatic heterocycles. The highest BCUT2D eigenvalue weighted by molar-refractivity contribution is 5.81. The minimum atomic E-state index is -0.367. The summed E-state index contributed by atoms with van der Waals surface area (Å²) < 4.78 is 2.06. The number of nitrogens with zero attached hydrogens (tertiary/aromatic N) is 3. The summed E-state index contributed by atoms with van der Waals surface area (Å²) >= 11 is 0. The number of piperidine rings is 1. The van der Waals surface area contributed by atoms with E-state index in [1.54, 1.807) is 0 Å².